The second-order valence-electron chi connectivity index (χ2n) is 11.7. The third kappa shape index (κ3) is 4.93. The average Bonchev–Trinajstić information content (AvgIpc) is 3.44. The number of hydrogen-bond acceptors (Lipinski definition) is 4. The van der Waals surface area contributed by atoms with Gasteiger partial charge in [0.15, 0.2) is 9.84 Å². The van der Waals surface area contributed by atoms with Crippen molar-refractivity contribution in [3.8, 4) is 0 Å². The predicted octanol–water partition coefficient (Wildman–Crippen LogP) is 5.55. The van der Waals surface area contributed by atoms with Crippen molar-refractivity contribution >= 4 is 15.7 Å². The molecule has 3 unspecified atom stereocenters. The fourth-order valence-electron chi connectivity index (χ4n) is 6.98. The Morgan fingerprint density at radius 1 is 0.923 bits per heavy atom. The molecule has 5 nitrogen and oxygen atoms in total. The van der Waals surface area contributed by atoms with Gasteiger partial charge < -0.3 is 10.2 Å². The number of piperidine rings is 1. The number of carbonyl (C=O) groups is 1. The van der Waals surface area contributed by atoms with E-state index in [0.717, 1.165) is 24.8 Å². The van der Waals surface area contributed by atoms with E-state index in [9.17, 15) is 13.2 Å². The highest BCUT2D eigenvalue weighted by Crippen LogP contribution is 2.44. The summed E-state index contributed by atoms with van der Waals surface area (Å²) in [6.45, 7) is 3.27. The maximum atomic E-state index is 13.5. The molecule has 1 N–H and O–H groups in total. The lowest BCUT2D eigenvalue weighted by Gasteiger charge is -2.43. The van der Waals surface area contributed by atoms with Crippen molar-refractivity contribution in [2.45, 2.75) is 79.5 Å². The van der Waals surface area contributed by atoms with Gasteiger partial charge in [-0.3, -0.25) is 4.79 Å². The summed E-state index contributed by atoms with van der Waals surface area (Å²) in [6, 6.07) is 27.1. The van der Waals surface area contributed by atoms with Crippen LogP contribution in [0.1, 0.15) is 72.0 Å². The number of likely N-dealkylation sites (tertiary alicyclic amines) is 1. The Labute approximate surface area is 232 Å². The number of hydrogen-bond donors (Lipinski definition) is 1. The zero-order chi connectivity index (χ0) is 27.0. The van der Waals surface area contributed by atoms with Gasteiger partial charge in [-0.2, -0.15) is 0 Å². The summed E-state index contributed by atoms with van der Waals surface area (Å²) < 4.78 is 26.3. The summed E-state index contributed by atoms with van der Waals surface area (Å²) >= 11 is 0. The molecule has 3 aromatic rings. The highest BCUT2D eigenvalue weighted by molar-refractivity contribution is 7.93. The van der Waals surface area contributed by atoms with Gasteiger partial charge in [0, 0.05) is 30.7 Å². The maximum absolute atomic E-state index is 13.5. The molecule has 0 aromatic heterocycles. The van der Waals surface area contributed by atoms with Crippen LogP contribution >= 0.6 is 0 Å². The molecule has 2 saturated heterocycles. The minimum Gasteiger partial charge on any atom is -0.339 e. The van der Waals surface area contributed by atoms with Crippen molar-refractivity contribution in [2.24, 2.45) is 0 Å². The SMILES string of the molecule is CC(c1ccccc1)C1CCC(Cc2ccc(C(=O)N3CCC4(CCc5ccccc5S4(=O)=O)CC3)cc2)N1. The second kappa shape index (κ2) is 10.5. The van der Waals surface area contributed by atoms with Crippen LogP contribution < -0.4 is 5.32 Å². The number of sulfone groups is 1. The molecule has 3 atom stereocenters. The van der Waals surface area contributed by atoms with Gasteiger partial charge in [-0.25, -0.2) is 8.42 Å². The third-order valence-corrected chi connectivity index (χ3v) is 12.3. The van der Waals surface area contributed by atoms with Gasteiger partial charge in [0.2, 0.25) is 0 Å². The number of carbonyl (C=O) groups excluding carboxylic acids is 1. The summed E-state index contributed by atoms with van der Waals surface area (Å²) in [4.78, 5) is 15.6. The maximum Gasteiger partial charge on any atom is 0.253 e. The van der Waals surface area contributed by atoms with Crippen LogP contribution in [0.5, 0.6) is 0 Å². The Balaban J connectivity index is 1.05. The predicted molar refractivity (Wildman–Crippen MR) is 155 cm³/mol. The molecule has 6 heteroatoms. The Hall–Kier alpha value is -2.96. The summed E-state index contributed by atoms with van der Waals surface area (Å²) in [5.41, 5.74) is 4.23. The van der Waals surface area contributed by atoms with Gasteiger partial charge in [-0.1, -0.05) is 67.6 Å². The first-order valence-electron chi connectivity index (χ1n) is 14.4. The number of nitrogens with zero attached hydrogens (tertiary/aromatic N) is 1. The molecule has 0 radical (unpaired) electrons. The average molecular weight is 543 g/mol. The zero-order valence-electron chi connectivity index (χ0n) is 22.7. The first-order chi connectivity index (χ1) is 18.9. The lowest BCUT2D eigenvalue weighted by atomic mass is 9.88. The van der Waals surface area contributed by atoms with Crippen LogP contribution in [-0.4, -0.2) is 49.1 Å². The second-order valence-corrected chi connectivity index (χ2v) is 14.0. The summed E-state index contributed by atoms with van der Waals surface area (Å²) in [6.07, 6.45) is 5.72. The van der Waals surface area contributed by atoms with Crippen LogP contribution in [0.3, 0.4) is 0 Å². The van der Waals surface area contributed by atoms with Crippen molar-refractivity contribution in [1.82, 2.24) is 10.2 Å². The van der Waals surface area contributed by atoms with E-state index < -0.39 is 14.6 Å². The lowest BCUT2D eigenvalue weighted by Crippen LogP contribution is -2.52. The molecular formula is C33H38N2O3S. The summed E-state index contributed by atoms with van der Waals surface area (Å²) in [7, 11) is -3.41. The molecule has 2 fully saturated rings. The van der Waals surface area contributed by atoms with Gasteiger partial charge in [0.05, 0.1) is 9.64 Å². The first kappa shape index (κ1) is 26.3. The van der Waals surface area contributed by atoms with E-state index in [4.69, 9.17) is 0 Å². The summed E-state index contributed by atoms with van der Waals surface area (Å²) in [5.74, 6) is 0.485. The number of amides is 1. The van der Waals surface area contributed by atoms with Crippen molar-refractivity contribution in [3.63, 3.8) is 0 Å². The van der Waals surface area contributed by atoms with Gasteiger partial charge >= 0.3 is 0 Å². The van der Waals surface area contributed by atoms with Crippen LogP contribution in [-0.2, 0) is 22.7 Å². The number of aryl methyl sites for hydroxylation is 1. The standard InChI is InChI=1S/C33H38N2O3S/c1-24(26-7-3-2-4-8-26)30-16-15-29(34-30)23-25-11-13-28(14-12-25)32(36)35-21-19-33(20-22-35)18-17-27-9-5-6-10-31(27)39(33,37)38/h2-14,24,29-30,34H,15-23H2,1H3. The highest BCUT2D eigenvalue weighted by atomic mass is 32.2. The number of fused-ring (bicyclic) bond motifs is 1. The van der Waals surface area contributed by atoms with E-state index in [1.165, 1.54) is 17.5 Å². The lowest BCUT2D eigenvalue weighted by molar-refractivity contribution is 0.0697. The molecule has 0 bridgehead atoms. The Bertz CT molecular complexity index is 1430. The monoisotopic (exact) mass is 542 g/mol. The van der Waals surface area contributed by atoms with E-state index in [-0.39, 0.29) is 5.91 Å². The molecule has 1 spiro atoms. The van der Waals surface area contributed by atoms with E-state index >= 15 is 0 Å². The van der Waals surface area contributed by atoms with E-state index in [1.807, 2.05) is 35.2 Å². The number of benzene rings is 3. The van der Waals surface area contributed by atoms with Crippen LogP contribution in [0.4, 0.5) is 0 Å². The third-order valence-electron chi connectivity index (χ3n) is 9.53. The van der Waals surface area contributed by atoms with Crippen LogP contribution in [0.2, 0.25) is 0 Å². The molecule has 3 aliphatic rings. The number of nitrogens with one attached hydrogen (secondary N) is 1. The molecule has 3 aromatic carbocycles. The van der Waals surface area contributed by atoms with Crippen molar-refractivity contribution in [1.29, 1.82) is 0 Å². The molecule has 3 heterocycles. The van der Waals surface area contributed by atoms with Gasteiger partial charge in [-0.15, -0.1) is 0 Å². The molecule has 3 aliphatic heterocycles. The largest absolute Gasteiger partial charge is 0.339 e. The first-order valence-corrected chi connectivity index (χ1v) is 15.9. The topological polar surface area (TPSA) is 66.5 Å². The minimum atomic E-state index is -3.41. The molecule has 1 amide bonds. The molecule has 204 valence electrons. The van der Waals surface area contributed by atoms with Crippen molar-refractivity contribution < 1.29 is 13.2 Å². The molecule has 6 rings (SSSR count). The van der Waals surface area contributed by atoms with E-state index in [2.05, 4.69) is 54.7 Å². The van der Waals surface area contributed by atoms with Crippen molar-refractivity contribution in [2.75, 3.05) is 13.1 Å². The normalized spacial score (nSPS) is 24.3. The molecule has 0 saturated carbocycles. The van der Waals surface area contributed by atoms with E-state index in [1.54, 1.807) is 6.07 Å². The smallest absolute Gasteiger partial charge is 0.253 e. The Morgan fingerprint density at radius 2 is 1.62 bits per heavy atom. The quantitative estimate of drug-likeness (QED) is 0.459. The van der Waals surface area contributed by atoms with Gasteiger partial charge in [0.1, 0.15) is 0 Å². The minimum absolute atomic E-state index is 0.000693. The molecular weight excluding hydrogens is 504 g/mol. The van der Waals surface area contributed by atoms with E-state index in [0.29, 0.717) is 60.8 Å². The molecule has 0 aliphatic carbocycles. The van der Waals surface area contributed by atoms with Crippen LogP contribution in [0.25, 0.3) is 0 Å². The summed E-state index contributed by atoms with van der Waals surface area (Å²) in [5, 5.41) is 3.84. The van der Waals surface area contributed by atoms with Gasteiger partial charge in [0.25, 0.3) is 5.91 Å². The van der Waals surface area contributed by atoms with Crippen LogP contribution in [0, 0.1) is 0 Å². The van der Waals surface area contributed by atoms with Gasteiger partial charge in [-0.05, 0) is 85.8 Å². The van der Waals surface area contributed by atoms with Crippen molar-refractivity contribution in [3.05, 3.63) is 101 Å². The number of rotatable bonds is 5. The highest BCUT2D eigenvalue weighted by Gasteiger charge is 2.49. The Kier molecular flexibility index (Phi) is 7.11. The molecule has 39 heavy (non-hydrogen) atoms. The fourth-order valence-corrected chi connectivity index (χ4v) is 9.31. The Morgan fingerprint density at radius 3 is 2.36 bits per heavy atom. The fraction of sp³-hybridized carbons (Fsp3) is 0.424. The zero-order valence-corrected chi connectivity index (χ0v) is 23.5. The van der Waals surface area contributed by atoms with Crippen LogP contribution in [0.15, 0.2) is 83.8 Å².